The molecule has 1 fully saturated rings. The molecule has 3 aromatic rings. The van der Waals surface area contributed by atoms with Crippen molar-refractivity contribution in [1.82, 2.24) is 14.5 Å². The Morgan fingerprint density at radius 3 is 2.57 bits per heavy atom. The maximum absolute atomic E-state index is 14.5. The first-order valence-electron chi connectivity index (χ1n) is 10.3. The van der Waals surface area contributed by atoms with Gasteiger partial charge in [0.05, 0.1) is 17.6 Å². The number of alkyl halides is 2. The van der Waals surface area contributed by atoms with Gasteiger partial charge in [-0.2, -0.15) is 0 Å². The summed E-state index contributed by atoms with van der Waals surface area (Å²) in [6.07, 6.45) is 1.47. The summed E-state index contributed by atoms with van der Waals surface area (Å²) < 4.78 is 42.9. The second-order valence-electron chi connectivity index (χ2n) is 7.77. The second-order valence-corrected chi connectivity index (χ2v) is 7.77. The lowest BCUT2D eigenvalue weighted by Crippen LogP contribution is -2.27. The lowest BCUT2D eigenvalue weighted by molar-refractivity contribution is 0.0122. The number of benzene rings is 2. The molecule has 1 aromatic heterocycles. The van der Waals surface area contributed by atoms with Crippen LogP contribution in [0.2, 0.25) is 0 Å². The van der Waals surface area contributed by atoms with Crippen molar-refractivity contribution in [3.63, 3.8) is 0 Å². The molecule has 2 aromatic carbocycles. The van der Waals surface area contributed by atoms with Crippen LogP contribution in [0.4, 0.5) is 13.2 Å². The number of aryl methyl sites for hydroxylation is 2. The molecule has 0 unspecified atom stereocenters. The van der Waals surface area contributed by atoms with Crippen molar-refractivity contribution in [2.75, 3.05) is 19.6 Å². The lowest BCUT2D eigenvalue weighted by atomic mass is 10.0. The third-order valence-electron chi connectivity index (χ3n) is 5.63. The van der Waals surface area contributed by atoms with Crippen LogP contribution in [-0.2, 0) is 12.8 Å². The molecular weight excluding hydrogens is 391 g/mol. The number of halogens is 3. The maximum Gasteiger partial charge on any atom is 0.266 e. The van der Waals surface area contributed by atoms with Crippen molar-refractivity contribution >= 4 is 10.9 Å². The highest BCUT2D eigenvalue weighted by Crippen LogP contribution is 2.27. The first-order valence-corrected chi connectivity index (χ1v) is 10.3. The molecule has 0 N–H and O–H groups in total. The summed E-state index contributed by atoms with van der Waals surface area (Å²) in [5.41, 5.74) is 1.16. The highest BCUT2D eigenvalue weighted by atomic mass is 19.3. The molecule has 0 saturated carbocycles. The van der Waals surface area contributed by atoms with E-state index in [0.717, 1.165) is 0 Å². The average Bonchev–Trinajstić information content (AvgIpc) is 3.08. The third kappa shape index (κ3) is 3.99. The van der Waals surface area contributed by atoms with E-state index in [1.165, 1.54) is 10.6 Å². The zero-order valence-electron chi connectivity index (χ0n) is 16.9. The van der Waals surface area contributed by atoms with Crippen molar-refractivity contribution < 1.29 is 13.2 Å². The monoisotopic (exact) mass is 415 g/mol. The van der Waals surface area contributed by atoms with E-state index < -0.39 is 11.7 Å². The molecule has 0 atom stereocenters. The van der Waals surface area contributed by atoms with Crippen LogP contribution < -0.4 is 5.56 Å². The first kappa shape index (κ1) is 20.6. The molecular formula is C23H24F3N3O. The fraction of sp³-hybridized carbons (Fsp3) is 0.391. The van der Waals surface area contributed by atoms with Crippen molar-refractivity contribution in [3.05, 3.63) is 70.0 Å². The molecule has 7 heteroatoms. The number of rotatable bonds is 6. The van der Waals surface area contributed by atoms with Gasteiger partial charge in [0.1, 0.15) is 17.2 Å². The second kappa shape index (κ2) is 8.22. The molecule has 1 aliphatic rings. The minimum absolute atomic E-state index is 0.0780. The predicted octanol–water partition coefficient (Wildman–Crippen LogP) is 4.36. The van der Waals surface area contributed by atoms with E-state index in [4.69, 9.17) is 0 Å². The SMILES string of the molecule is CCc1nc2c(F)ccc(CCCN3CCC(F)(F)C3)c2c(=O)n1-c1ccccc1. The van der Waals surface area contributed by atoms with E-state index in [-0.39, 0.29) is 29.4 Å². The smallest absolute Gasteiger partial charge is 0.266 e. The Labute approximate surface area is 173 Å². The molecule has 4 rings (SSSR count). The summed E-state index contributed by atoms with van der Waals surface area (Å²) in [7, 11) is 0. The van der Waals surface area contributed by atoms with Crippen molar-refractivity contribution in [1.29, 1.82) is 0 Å². The maximum atomic E-state index is 14.5. The molecule has 158 valence electrons. The molecule has 1 aliphatic heterocycles. The van der Waals surface area contributed by atoms with E-state index in [1.807, 2.05) is 37.3 Å². The summed E-state index contributed by atoms with van der Waals surface area (Å²) >= 11 is 0. The number of hydrogen-bond acceptors (Lipinski definition) is 3. The summed E-state index contributed by atoms with van der Waals surface area (Å²) in [4.78, 5) is 19.6. The van der Waals surface area contributed by atoms with E-state index >= 15 is 0 Å². The van der Waals surface area contributed by atoms with Gasteiger partial charge < -0.3 is 0 Å². The summed E-state index contributed by atoms with van der Waals surface area (Å²) in [6, 6.07) is 12.1. The number of fused-ring (bicyclic) bond motifs is 1. The number of nitrogens with zero attached hydrogens (tertiary/aromatic N) is 3. The van der Waals surface area contributed by atoms with Crippen LogP contribution in [0.3, 0.4) is 0 Å². The lowest BCUT2D eigenvalue weighted by Gasteiger charge is -2.17. The Kier molecular flexibility index (Phi) is 5.64. The number of likely N-dealkylation sites (tertiary alicyclic amines) is 1. The predicted molar refractivity (Wildman–Crippen MR) is 111 cm³/mol. The van der Waals surface area contributed by atoms with E-state index in [1.54, 1.807) is 11.0 Å². The Balaban J connectivity index is 1.70. The topological polar surface area (TPSA) is 38.1 Å². The van der Waals surface area contributed by atoms with E-state index in [0.29, 0.717) is 49.4 Å². The molecule has 0 amide bonds. The summed E-state index contributed by atoms with van der Waals surface area (Å²) in [5.74, 6) is -2.65. The van der Waals surface area contributed by atoms with Gasteiger partial charge in [0.25, 0.3) is 11.5 Å². The van der Waals surface area contributed by atoms with Gasteiger partial charge in [-0.1, -0.05) is 31.2 Å². The number of aromatic nitrogens is 2. The average molecular weight is 415 g/mol. The fourth-order valence-electron chi connectivity index (χ4n) is 4.14. The third-order valence-corrected chi connectivity index (χ3v) is 5.63. The van der Waals surface area contributed by atoms with Gasteiger partial charge in [0.15, 0.2) is 0 Å². The molecule has 0 radical (unpaired) electrons. The van der Waals surface area contributed by atoms with Crippen LogP contribution in [0.5, 0.6) is 0 Å². The van der Waals surface area contributed by atoms with Crippen LogP contribution in [0, 0.1) is 5.82 Å². The number of hydrogen-bond donors (Lipinski definition) is 0. The van der Waals surface area contributed by atoms with Gasteiger partial charge >= 0.3 is 0 Å². The standard InChI is InChI=1S/C23H24F3N3O/c1-2-19-27-21-18(24)11-10-16(7-6-13-28-14-12-23(25,26)15-28)20(21)22(30)29(19)17-8-4-3-5-9-17/h3-5,8-11H,2,6-7,12-15H2,1H3. The minimum atomic E-state index is -2.62. The fourth-order valence-corrected chi connectivity index (χ4v) is 4.14. The van der Waals surface area contributed by atoms with Crippen LogP contribution >= 0.6 is 0 Å². The Morgan fingerprint density at radius 1 is 1.13 bits per heavy atom. The van der Waals surface area contributed by atoms with Crippen molar-refractivity contribution in [2.45, 2.75) is 38.5 Å². The molecule has 1 saturated heterocycles. The summed E-state index contributed by atoms with van der Waals surface area (Å²) in [6.45, 7) is 2.54. The van der Waals surface area contributed by atoms with Crippen molar-refractivity contribution in [3.8, 4) is 5.69 Å². The molecule has 2 heterocycles. The quantitative estimate of drug-likeness (QED) is 0.600. The van der Waals surface area contributed by atoms with Crippen LogP contribution in [0.25, 0.3) is 16.6 Å². The highest BCUT2D eigenvalue weighted by molar-refractivity contribution is 5.82. The Bertz CT molecular complexity index is 1110. The Morgan fingerprint density at radius 2 is 1.90 bits per heavy atom. The normalized spacial score (nSPS) is 16.4. The van der Waals surface area contributed by atoms with Gasteiger partial charge in [-0.3, -0.25) is 14.3 Å². The zero-order valence-corrected chi connectivity index (χ0v) is 16.9. The van der Waals surface area contributed by atoms with Crippen LogP contribution in [0.15, 0.2) is 47.3 Å². The largest absolute Gasteiger partial charge is 0.297 e. The van der Waals surface area contributed by atoms with Gasteiger partial charge in [-0.25, -0.2) is 18.2 Å². The molecule has 30 heavy (non-hydrogen) atoms. The van der Waals surface area contributed by atoms with Gasteiger partial charge in [0.2, 0.25) is 0 Å². The minimum Gasteiger partial charge on any atom is -0.297 e. The molecule has 0 bridgehead atoms. The van der Waals surface area contributed by atoms with Crippen molar-refractivity contribution in [2.24, 2.45) is 0 Å². The van der Waals surface area contributed by atoms with Crippen LogP contribution in [-0.4, -0.2) is 40.0 Å². The molecule has 0 aliphatic carbocycles. The van der Waals surface area contributed by atoms with Gasteiger partial charge in [-0.05, 0) is 43.1 Å². The van der Waals surface area contributed by atoms with Gasteiger partial charge in [-0.15, -0.1) is 0 Å². The van der Waals surface area contributed by atoms with E-state index in [9.17, 15) is 18.0 Å². The first-order chi connectivity index (χ1) is 14.4. The number of para-hydroxylation sites is 1. The van der Waals surface area contributed by atoms with Crippen LogP contribution in [0.1, 0.15) is 31.2 Å². The molecule has 4 nitrogen and oxygen atoms in total. The zero-order chi connectivity index (χ0) is 21.3. The van der Waals surface area contributed by atoms with E-state index in [2.05, 4.69) is 4.98 Å². The Hall–Kier alpha value is -2.67. The molecule has 0 spiro atoms. The highest BCUT2D eigenvalue weighted by Gasteiger charge is 2.37. The van der Waals surface area contributed by atoms with Gasteiger partial charge in [0, 0.05) is 19.4 Å². The summed E-state index contributed by atoms with van der Waals surface area (Å²) in [5, 5.41) is 0.266.